The molecule has 3 rings (SSSR count). The molecule has 0 fully saturated rings. The van der Waals surface area contributed by atoms with Gasteiger partial charge in [0.05, 0.1) is 0 Å². The highest BCUT2D eigenvalue weighted by atomic mass is 15.3. The van der Waals surface area contributed by atoms with Crippen LogP contribution in [0.2, 0.25) is 0 Å². The van der Waals surface area contributed by atoms with Crippen molar-refractivity contribution in [2.24, 2.45) is 0 Å². The van der Waals surface area contributed by atoms with Crippen LogP contribution in [0.4, 0.5) is 5.69 Å². The molecule has 1 aromatic heterocycles. The Hall–Kier alpha value is -2.62. The lowest BCUT2D eigenvalue weighted by atomic mass is 10.1. The number of hydrogen-bond donors (Lipinski definition) is 1. The van der Waals surface area contributed by atoms with Crippen LogP contribution < -0.4 is 5.73 Å². The van der Waals surface area contributed by atoms with Gasteiger partial charge in [0.1, 0.15) is 6.33 Å². The zero-order chi connectivity index (χ0) is 13.2. The third-order valence-electron chi connectivity index (χ3n) is 3.08. The molecule has 0 saturated heterocycles. The molecule has 0 amide bonds. The maximum Gasteiger partial charge on any atom is 0.168 e. The van der Waals surface area contributed by atoms with E-state index >= 15 is 0 Å². The number of aryl methyl sites for hydroxylation is 1. The van der Waals surface area contributed by atoms with Gasteiger partial charge < -0.3 is 5.73 Å². The lowest BCUT2D eigenvalue weighted by molar-refractivity contribution is 1.06. The Morgan fingerprint density at radius 3 is 2.63 bits per heavy atom. The molecule has 0 radical (unpaired) electrons. The first-order valence-electron chi connectivity index (χ1n) is 6.07. The van der Waals surface area contributed by atoms with Crippen molar-refractivity contribution in [3.05, 3.63) is 60.4 Å². The molecular formula is C15H14N4. The van der Waals surface area contributed by atoms with E-state index in [-0.39, 0.29) is 0 Å². The van der Waals surface area contributed by atoms with Crippen molar-refractivity contribution in [2.75, 3.05) is 5.73 Å². The molecule has 2 N–H and O–H groups in total. The van der Waals surface area contributed by atoms with Gasteiger partial charge in [-0.15, -0.1) is 10.2 Å². The highest BCUT2D eigenvalue weighted by molar-refractivity contribution is 5.66. The van der Waals surface area contributed by atoms with Crippen LogP contribution in [0, 0.1) is 6.92 Å². The molecule has 0 unspecified atom stereocenters. The third kappa shape index (κ3) is 2.08. The lowest BCUT2D eigenvalue weighted by Crippen LogP contribution is -1.98. The van der Waals surface area contributed by atoms with Gasteiger partial charge in [-0.3, -0.25) is 4.57 Å². The van der Waals surface area contributed by atoms with Crippen LogP contribution in [-0.2, 0) is 0 Å². The number of benzene rings is 2. The Kier molecular flexibility index (Phi) is 2.76. The number of rotatable bonds is 2. The van der Waals surface area contributed by atoms with Gasteiger partial charge in [0.25, 0.3) is 0 Å². The maximum absolute atomic E-state index is 5.86. The number of hydrogen-bond acceptors (Lipinski definition) is 3. The summed E-state index contributed by atoms with van der Waals surface area (Å²) < 4.78 is 1.96. The van der Waals surface area contributed by atoms with E-state index in [1.165, 1.54) is 0 Å². The average Bonchev–Trinajstić information content (AvgIpc) is 2.91. The molecular weight excluding hydrogens is 236 g/mol. The Labute approximate surface area is 111 Å². The van der Waals surface area contributed by atoms with Crippen molar-refractivity contribution >= 4 is 5.69 Å². The van der Waals surface area contributed by atoms with Gasteiger partial charge in [-0.2, -0.15) is 0 Å². The standard InChI is InChI=1S/C15H14N4/c1-11-7-8-12(16)9-14(11)15-18-17-10-19(15)13-5-3-2-4-6-13/h2-10H,16H2,1H3. The molecule has 0 atom stereocenters. The second kappa shape index (κ2) is 4.57. The number of nitrogens with zero attached hydrogens (tertiary/aromatic N) is 3. The summed E-state index contributed by atoms with van der Waals surface area (Å²) in [5.74, 6) is 0.802. The Morgan fingerprint density at radius 2 is 1.84 bits per heavy atom. The smallest absolute Gasteiger partial charge is 0.168 e. The molecule has 0 aliphatic carbocycles. The molecule has 1 heterocycles. The Balaban J connectivity index is 2.18. The third-order valence-corrected chi connectivity index (χ3v) is 3.08. The van der Waals surface area contributed by atoms with Gasteiger partial charge >= 0.3 is 0 Å². The van der Waals surface area contributed by atoms with Gasteiger partial charge in [-0.25, -0.2) is 0 Å². The largest absolute Gasteiger partial charge is 0.399 e. The molecule has 4 heteroatoms. The van der Waals surface area contributed by atoms with Crippen LogP contribution in [0.25, 0.3) is 17.1 Å². The van der Waals surface area contributed by atoms with E-state index in [0.29, 0.717) is 0 Å². The molecule has 4 nitrogen and oxygen atoms in total. The van der Waals surface area contributed by atoms with Crippen molar-refractivity contribution < 1.29 is 0 Å². The summed E-state index contributed by atoms with van der Waals surface area (Å²) in [7, 11) is 0. The Bertz CT molecular complexity index is 701. The normalized spacial score (nSPS) is 10.6. The number of nitrogen functional groups attached to an aromatic ring is 1. The van der Waals surface area contributed by atoms with E-state index in [4.69, 9.17) is 5.73 Å². The fourth-order valence-corrected chi connectivity index (χ4v) is 2.08. The predicted molar refractivity (Wildman–Crippen MR) is 75.9 cm³/mol. The van der Waals surface area contributed by atoms with Crippen LogP contribution in [0.1, 0.15) is 5.56 Å². The number of nitrogens with two attached hydrogens (primary N) is 1. The minimum Gasteiger partial charge on any atom is -0.399 e. The summed E-state index contributed by atoms with van der Waals surface area (Å²) in [5.41, 5.74) is 9.75. The van der Waals surface area contributed by atoms with Gasteiger partial charge in [0, 0.05) is 16.9 Å². The number of para-hydroxylation sites is 1. The minimum atomic E-state index is 0.725. The SMILES string of the molecule is Cc1ccc(N)cc1-c1nncn1-c1ccccc1. The fraction of sp³-hybridized carbons (Fsp3) is 0.0667. The summed E-state index contributed by atoms with van der Waals surface area (Å²) in [5, 5.41) is 8.24. The monoisotopic (exact) mass is 250 g/mol. The second-order valence-electron chi connectivity index (χ2n) is 4.43. The molecule has 0 aliphatic heterocycles. The number of aromatic nitrogens is 3. The predicted octanol–water partition coefficient (Wildman–Crippen LogP) is 2.82. The first kappa shape index (κ1) is 11.5. The molecule has 3 aromatic rings. The molecule has 19 heavy (non-hydrogen) atoms. The molecule has 0 aliphatic rings. The van der Waals surface area contributed by atoms with Crippen molar-refractivity contribution in [3.8, 4) is 17.1 Å². The highest BCUT2D eigenvalue weighted by Crippen LogP contribution is 2.25. The van der Waals surface area contributed by atoms with Gasteiger partial charge in [-0.1, -0.05) is 24.3 Å². The highest BCUT2D eigenvalue weighted by Gasteiger charge is 2.11. The van der Waals surface area contributed by atoms with E-state index in [9.17, 15) is 0 Å². The van der Waals surface area contributed by atoms with E-state index in [0.717, 1.165) is 28.3 Å². The van der Waals surface area contributed by atoms with Crippen molar-refractivity contribution in [3.63, 3.8) is 0 Å². The summed E-state index contributed by atoms with van der Waals surface area (Å²) in [4.78, 5) is 0. The molecule has 2 aromatic carbocycles. The van der Waals surface area contributed by atoms with E-state index in [2.05, 4.69) is 10.2 Å². The quantitative estimate of drug-likeness (QED) is 0.711. The average molecular weight is 250 g/mol. The van der Waals surface area contributed by atoms with Crippen molar-refractivity contribution in [1.29, 1.82) is 0 Å². The van der Waals surface area contributed by atoms with Gasteiger partial charge in [0.2, 0.25) is 0 Å². The molecule has 0 saturated carbocycles. The number of anilines is 1. The van der Waals surface area contributed by atoms with Gasteiger partial charge in [0.15, 0.2) is 5.82 Å². The van der Waals surface area contributed by atoms with Crippen LogP contribution >= 0.6 is 0 Å². The van der Waals surface area contributed by atoms with E-state index < -0.39 is 0 Å². The van der Waals surface area contributed by atoms with E-state index in [1.54, 1.807) is 6.33 Å². The van der Waals surface area contributed by atoms with Crippen molar-refractivity contribution in [1.82, 2.24) is 14.8 Å². The fourth-order valence-electron chi connectivity index (χ4n) is 2.08. The summed E-state index contributed by atoms with van der Waals surface area (Å²) in [6.45, 7) is 2.04. The summed E-state index contributed by atoms with van der Waals surface area (Å²) >= 11 is 0. The summed E-state index contributed by atoms with van der Waals surface area (Å²) in [6, 6.07) is 15.8. The van der Waals surface area contributed by atoms with E-state index in [1.807, 2.05) is 60.0 Å². The van der Waals surface area contributed by atoms with Crippen LogP contribution in [0.15, 0.2) is 54.9 Å². The minimum absolute atomic E-state index is 0.725. The van der Waals surface area contributed by atoms with Crippen molar-refractivity contribution in [2.45, 2.75) is 6.92 Å². The zero-order valence-corrected chi connectivity index (χ0v) is 10.6. The van der Waals surface area contributed by atoms with Crippen LogP contribution in [0.5, 0.6) is 0 Å². The maximum atomic E-state index is 5.86. The van der Waals surface area contributed by atoms with Crippen LogP contribution in [0.3, 0.4) is 0 Å². The van der Waals surface area contributed by atoms with Gasteiger partial charge in [-0.05, 0) is 36.8 Å². The molecule has 94 valence electrons. The Morgan fingerprint density at radius 1 is 1.05 bits per heavy atom. The second-order valence-corrected chi connectivity index (χ2v) is 4.43. The topological polar surface area (TPSA) is 56.7 Å². The molecule has 0 spiro atoms. The first-order valence-corrected chi connectivity index (χ1v) is 6.07. The lowest BCUT2D eigenvalue weighted by Gasteiger charge is -2.09. The summed E-state index contributed by atoms with van der Waals surface area (Å²) in [6.07, 6.45) is 1.72. The van der Waals surface area contributed by atoms with Crippen LogP contribution in [-0.4, -0.2) is 14.8 Å². The first-order chi connectivity index (χ1) is 9.25. The zero-order valence-electron chi connectivity index (χ0n) is 10.6. The molecule has 0 bridgehead atoms.